The van der Waals surface area contributed by atoms with E-state index in [2.05, 4.69) is 9.89 Å². The number of rotatable bonds is 3. The maximum atomic E-state index is 11.5. The van der Waals surface area contributed by atoms with Crippen LogP contribution in [0.1, 0.15) is 30.9 Å². The Labute approximate surface area is 94.9 Å². The molecule has 2 N–H and O–H groups in total. The molecule has 1 aromatic heterocycles. The summed E-state index contributed by atoms with van der Waals surface area (Å²) in [4.78, 5) is 11.5. The minimum atomic E-state index is -0.741. The van der Waals surface area contributed by atoms with Gasteiger partial charge in [-0.1, -0.05) is 19.0 Å². The van der Waals surface area contributed by atoms with Crippen LogP contribution >= 0.6 is 0 Å². The van der Waals surface area contributed by atoms with Crippen LogP contribution in [-0.4, -0.2) is 24.3 Å². The molecule has 0 amide bonds. The normalized spacial score (nSPS) is 13.6. The Kier molecular flexibility index (Phi) is 3.38. The van der Waals surface area contributed by atoms with Crippen LogP contribution < -0.4 is 5.73 Å². The molecule has 5 heteroatoms. The number of carbonyl (C=O) groups is 1. The lowest BCUT2D eigenvalue weighted by atomic mass is 9.77. The van der Waals surface area contributed by atoms with E-state index in [4.69, 9.17) is 10.3 Å². The van der Waals surface area contributed by atoms with Crippen molar-refractivity contribution in [3.63, 3.8) is 0 Å². The molecule has 90 valence electrons. The average Bonchev–Trinajstić information content (AvgIpc) is 2.56. The maximum Gasteiger partial charge on any atom is 0.323 e. The highest BCUT2D eigenvalue weighted by molar-refractivity contribution is 5.77. The van der Waals surface area contributed by atoms with Crippen LogP contribution in [0.2, 0.25) is 0 Å². The Morgan fingerprint density at radius 1 is 1.50 bits per heavy atom. The minimum Gasteiger partial charge on any atom is -0.468 e. The van der Waals surface area contributed by atoms with E-state index in [0.717, 1.165) is 11.3 Å². The summed E-state index contributed by atoms with van der Waals surface area (Å²) in [5.74, 6) is 0.242. The van der Waals surface area contributed by atoms with Crippen LogP contribution in [0.5, 0.6) is 0 Å². The zero-order chi connectivity index (χ0) is 12.5. The van der Waals surface area contributed by atoms with Gasteiger partial charge >= 0.3 is 5.97 Å². The van der Waals surface area contributed by atoms with Crippen molar-refractivity contribution in [3.05, 3.63) is 17.0 Å². The topological polar surface area (TPSA) is 78.4 Å². The van der Waals surface area contributed by atoms with E-state index in [1.165, 1.54) is 7.11 Å². The molecular weight excluding hydrogens is 208 g/mol. The number of aryl methyl sites for hydroxylation is 2. The highest BCUT2D eigenvalue weighted by atomic mass is 16.5. The van der Waals surface area contributed by atoms with Gasteiger partial charge in [-0.3, -0.25) is 4.79 Å². The van der Waals surface area contributed by atoms with E-state index >= 15 is 0 Å². The SMILES string of the molecule is COC(=O)C(N)C(C)(C)c1c(C)noc1C. The molecule has 0 aliphatic heterocycles. The summed E-state index contributed by atoms with van der Waals surface area (Å²) < 4.78 is 9.75. The number of methoxy groups -OCH3 is 1. The van der Waals surface area contributed by atoms with E-state index in [-0.39, 0.29) is 0 Å². The molecule has 0 saturated carbocycles. The Morgan fingerprint density at radius 3 is 2.44 bits per heavy atom. The van der Waals surface area contributed by atoms with Crippen molar-refractivity contribution >= 4 is 5.97 Å². The van der Waals surface area contributed by atoms with Gasteiger partial charge in [-0.05, 0) is 13.8 Å². The minimum absolute atomic E-state index is 0.440. The van der Waals surface area contributed by atoms with Crippen molar-refractivity contribution < 1.29 is 14.1 Å². The molecule has 0 aromatic carbocycles. The number of nitrogens with two attached hydrogens (primary N) is 1. The van der Waals surface area contributed by atoms with Crippen molar-refractivity contribution in [1.29, 1.82) is 0 Å². The van der Waals surface area contributed by atoms with Gasteiger partial charge in [0.05, 0.1) is 12.8 Å². The van der Waals surface area contributed by atoms with Crippen molar-refractivity contribution in [1.82, 2.24) is 5.16 Å². The van der Waals surface area contributed by atoms with Crippen LogP contribution in [0, 0.1) is 13.8 Å². The van der Waals surface area contributed by atoms with Crippen LogP contribution in [0.25, 0.3) is 0 Å². The third-order valence-electron chi connectivity index (χ3n) is 2.91. The summed E-state index contributed by atoms with van der Waals surface area (Å²) in [5, 5.41) is 3.87. The van der Waals surface area contributed by atoms with Crippen LogP contribution in [0.15, 0.2) is 4.52 Å². The fourth-order valence-electron chi connectivity index (χ4n) is 1.98. The molecule has 1 rings (SSSR count). The first-order chi connectivity index (χ1) is 7.32. The highest BCUT2D eigenvalue weighted by Gasteiger charge is 2.38. The summed E-state index contributed by atoms with van der Waals surface area (Å²) in [6.45, 7) is 7.39. The van der Waals surface area contributed by atoms with Gasteiger partial charge in [0.25, 0.3) is 0 Å². The highest BCUT2D eigenvalue weighted by Crippen LogP contribution is 2.31. The molecule has 0 bridgehead atoms. The first kappa shape index (κ1) is 12.7. The van der Waals surface area contributed by atoms with Crippen molar-refractivity contribution in [3.8, 4) is 0 Å². The third kappa shape index (κ3) is 1.95. The molecule has 1 atom stereocenters. The second-order valence-electron chi connectivity index (χ2n) is 4.42. The number of aromatic nitrogens is 1. The third-order valence-corrected chi connectivity index (χ3v) is 2.91. The molecule has 0 fully saturated rings. The van der Waals surface area contributed by atoms with Crippen molar-refractivity contribution in [2.45, 2.75) is 39.2 Å². The molecule has 16 heavy (non-hydrogen) atoms. The van der Waals surface area contributed by atoms with Gasteiger partial charge in [-0.25, -0.2) is 0 Å². The first-order valence-electron chi connectivity index (χ1n) is 5.09. The monoisotopic (exact) mass is 226 g/mol. The summed E-state index contributed by atoms with van der Waals surface area (Å²) in [6.07, 6.45) is 0. The predicted octanol–water partition coefficient (Wildman–Crippen LogP) is 1.07. The number of carbonyl (C=O) groups excluding carboxylic acids is 1. The summed E-state index contributed by atoms with van der Waals surface area (Å²) >= 11 is 0. The van der Waals surface area contributed by atoms with E-state index < -0.39 is 17.4 Å². The number of hydrogen-bond donors (Lipinski definition) is 1. The summed E-state index contributed by atoms with van der Waals surface area (Å²) in [5.41, 5.74) is 6.94. The fourth-order valence-corrected chi connectivity index (χ4v) is 1.98. The number of esters is 1. The lowest BCUT2D eigenvalue weighted by molar-refractivity contribution is -0.143. The molecule has 0 spiro atoms. The summed E-state index contributed by atoms with van der Waals surface area (Å²) in [6, 6.07) is -0.741. The lowest BCUT2D eigenvalue weighted by Gasteiger charge is -2.29. The number of hydrogen-bond acceptors (Lipinski definition) is 5. The van der Waals surface area contributed by atoms with Crippen molar-refractivity contribution in [2.75, 3.05) is 7.11 Å². The van der Waals surface area contributed by atoms with Gasteiger partial charge in [0.15, 0.2) is 0 Å². The lowest BCUT2D eigenvalue weighted by Crippen LogP contribution is -2.47. The van der Waals surface area contributed by atoms with Gasteiger partial charge < -0.3 is 15.0 Å². The second-order valence-corrected chi connectivity index (χ2v) is 4.42. The largest absolute Gasteiger partial charge is 0.468 e. The van der Waals surface area contributed by atoms with Gasteiger partial charge in [0.1, 0.15) is 11.8 Å². The quantitative estimate of drug-likeness (QED) is 0.780. The first-order valence-corrected chi connectivity index (χ1v) is 5.09. The van der Waals surface area contributed by atoms with Gasteiger partial charge in [-0.2, -0.15) is 0 Å². The van der Waals surface area contributed by atoms with Gasteiger partial charge in [0, 0.05) is 11.0 Å². The van der Waals surface area contributed by atoms with E-state index in [1.807, 2.05) is 20.8 Å². The summed E-state index contributed by atoms with van der Waals surface area (Å²) in [7, 11) is 1.33. The number of ether oxygens (including phenoxy) is 1. The molecule has 1 aromatic rings. The fraction of sp³-hybridized carbons (Fsp3) is 0.636. The average molecular weight is 226 g/mol. The molecular formula is C11H18N2O3. The standard InChI is InChI=1S/C11H18N2O3/c1-6-8(7(2)16-13-6)11(3,4)9(12)10(14)15-5/h9H,12H2,1-5H3. The maximum absolute atomic E-state index is 11.5. The van der Waals surface area contributed by atoms with E-state index in [0.29, 0.717) is 5.76 Å². The zero-order valence-electron chi connectivity index (χ0n) is 10.3. The number of nitrogens with zero attached hydrogens (tertiary/aromatic N) is 1. The molecule has 0 saturated heterocycles. The zero-order valence-corrected chi connectivity index (χ0v) is 10.3. The Morgan fingerprint density at radius 2 is 2.06 bits per heavy atom. The Hall–Kier alpha value is -1.36. The molecule has 0 radical (unpaired) electrons. The molecule has 0 aliphatic carbocycles. The predicted molar refractivity (Wildman–Crippen MR) is 59.0 cm³/mol. The molecule has 0 aliphatic rings. The Balaban J connectivity index is 3.15. The molecule has 5 nitrogen and oxygen atoms in total. The van der Waals surface area contributed by atoms with Gasteiger partial charge in [0.2, 0.25) is 0 Å². The van der Waals surface area contributed by atoms with Crippen LogP contribution in [0.3, 0.4) is 0 Å². The van der Waals surface area contributed by atoms with E-state index in [1.54, 1.807) is 6.92 Å². The van der Waals surface area contributed by atoms with Crippen molar-refractivity contribution in [2.24, 2.45) is 5.73 Å². The second kappa shape index (κ2) is 4.25. The molecule has 1 heterocycles. The molecule has 1 unspecified atom stereocenters. The Bertz CT molecular complexity index is 376. The van der Waals surface area contributed by atoms with E-state index in [9.17, 15) is 4.79 Å². The van der Waals surface area contributed by atoms with Crippen LogP contribution in [-0.2, 0) is 14.9 Å². The van der Waals surface area contributed by atoms with Gasteiger partial charge in [-0.15, -0.1) is 0 Å². The smallest absolute Gasteiger partial charge is 0.323 e. The van der Waals surface area contributed by atoms with Crippen LogP contribution in [0.4, 0.5) is 0 Å².